The summed E-state index contributed by atoms with van der Waals surface area (Å²) in [5.74, 6) is 1.43. The molecule has 0 unspecified atom stereocenters. The van der Waals surface area contributed by atoms with E-state index in [9.17, 15) is 8.42 Å². The number of rotatable bonds is 10. The summed E-state index contributed by atoms with van der Waals surface area (Å²) in [6.07, 6.45) is 1.09. The van der Waals surface area contributed by atoms with Gasteiger partial charge in [-0.2, -0.15) is 0 Å². The second-order valence-corrected chi connectivity index (χ2v) is 12.2. The molecule has 3 rings (SSSR count). The maximum atomic E-state index is 12.5. The average Bonchev–Trinajstić information content (AvgIpc) is 2.77. The van der Waals surface area contributed by atoms with E-state index in [2.05, 4.69) is 51.5 Å². The van der Waals surface area contributed by atoms with E-state index in [4.69, 9.17) is 15.2 Å². The molecule has 3 aromatic carbocycles. The van der Waals surface area contributed by atoms with Crippen LogP contribution in [0.4, 0.5) is 11.4 Å². The van der Waals surface area contributed by atoms with Crippen molar-refractivity contribution in [3.8, 4) is 11.5 Å². The van der Waals surface area contributed by atoms with Gasteiger partial charge in [-0.05, 0) is 83.5 Å². The number of hydrogen-bond donors (Lipinski definition) is 2. The van der Waals surface area contributed by atoms with Gasteiger partial charge in [0.25, 0.3) is 10.0 Å². The van der Waals surface area contributed by atoms with Crippen molar-refractivity contribution in [3.05, 3.63) is 78.4 Å². The summed E-state index contributed by atoms with van der Waals surface area (Å²) < 4.78 is 39.1. The highest BCUT2D eigenvalue weighted by molar-refractivity contribution is 7.92. The van der Waals surface area contributed by atoms with Crippen molar-refractivity contribution in [3.63, 3.8) is 0 Å². The first-order valence-corrected chi connectivity index (χ1v) is 13.2. The average molecular weight is 497 g/mol. The van der Waals surface area contributed by atoms with Crippen molar-refractivity contribution in [1.82, 2.24) is 0 Å². The first kappa shape index (κ1) is 26.4. The molecule has 0 aliphatic heterocycles. The fraction of sp³-hybridized carbons (Fsp3) is 0.357. The summed E-state index contributed by atoms with van der Waals surface area (Å²) in [6.45, 7) is 12.1. The van der Waals surface area contributed by atoms with E-state index in [-0.39, 0.29) is 15.7 Å². The lowest BCUT2D eigenvalue weighted by Crippen LogP contribution is -2.24. The van der Waals surface area contributed by atoms with E-state index in [1.165, 1.54) is 17.7 Å². The molecule has 6 nitrogen and oxygen atoms in total. The van der Waals surface area contributed by atoms with E-state index < -0.39 is 10.0 Å². The minimum absolute atomic E-state index is 0.0926. The third-order valence-electron chi connectivity index (χ3n) is 5.53. The van der Waals surface area contributed by atoms with Crippen LogP contribution in [0.15, 0.2) is 77.7 Å². The normalized spacial score (nSPS) is 12.3. The van der Waals surface area contributed by atoms with Gasteiger partial charge in [0.05, 0.1) is 4.90 Å². The number of ether oxygens (including phenoxy) is 2. The zero-order valence-corrected chi connectivity index (χ0v) is 22.0. The monoisotopic (exact) mass is 496 g/mol. The number of nitrogen functional groups attached to an aromatic ring is 1. The highest BCUT2D eigenvalue weighted by Gasteiger charge is 2.27. The lowest BCUT2D eigenvalue weighted by Gasteiger charge is -2.33. The molecule has 0 spiro atoms. The van der Waals surface area contributed by atoms with Crippen LogP contribution in [0.1, 0.15) is 46.6 Å². The number of nitrogens with one attached hydrogen (secondary N) is 1. The van der Waals surface area contributed by atoms with Gasteiger partial charge in [0.1, 0.15) is 24.7 Å². The van der Waals surface area contributed by atoms with Crippen LogP contribution in [-0.4, -0.2) is 21.6 Å². The number of benzene rings is 3. The summed E-state index contributed by atoms with van der Waals surface area (Å²) in [4.78, 5) is 0.148. The standard InChI is InChI=1S/C28H36N2O4S/c1-27(2,3)20-28(4,5)21-6-12-24(13-7-21)33-18-19-34-25-14-10-23(11-15-25)30-35(31,32)26-16-8-22(29)9-17-26/h6-17,30H,18-20,29H2,1-5H3. The number of hydrogen-bond acceptors (Lipinski definition) is 5. The van der Waals surface area contributed by atoms with Crippen molar-refractivity contribution in [2.24, 2.45) is 5.41 Å². The molecule has 0 radical (unpaired) electrons. The van der Waals surface area contributed by atoms with Crippen molar-refractivity contribution in [1.29, 1.82) is 0 Å². The first-order chi connectivity index (χ1) is 16.3. The Kier molecular flexibility index (Phi) is 8.00. The third kappa shape index (κ3) is 7.92. The predicted molar refractivity (Wildman–Crippen MR) is 143 cm³/mol. The molecule has 7 heteroatoms. The minimum atomic E-state index is -3.68. The zero-order chi connectivity index (χ0) is 25.7. The molecule has 0 aliphatic rings. The lowest BCUT2D eigenvalue weighted by molar-refractivity contribution is 0.217. The molecule has 0 bridgehead atoms. The second-order valence-electron chi connectivity index (χ2n) is 10.5. The van der Waals surface area contributed by atoms with Crippen LogP contribution in [-0.2, 0) is 15.4 Å². The SMILES string of the molecule is CC(C)(C)CC(C)(C)c1ccc(OCCOc2ccc(NS(=O)(=O)c3ccc(N)cc3)cc2)cc1. The maximum absolute atomic E-state index is 12.5. The molecule has 0 saturated carbocycles. The van der Waals surface area contributed by atoms with Crippen molar-refractivity contribution in [2.45, 2.75) is 51.3 Å². The van der Waals surface area contributed by atoms with Crippen molar-refractivity contribution in [2.75, 3.05) is 23.7 Å². The first-order valence-electron chi connectivity index (χ1n) is 11.7. The number of sulfonamides is 1. The fourth-order valence-corrected chi connectivity index (χ4v) is 5.29. The Bertz CT molecular complexity index is 1200. The Morgan fingerprint density at radius 1 is 0.743 bits per heavy atom. The molecule has 3 N–H and O–H groups in total. The molecule has 35 heavy (non-hydrogen) atoms. The van der Waals surface area contributed by atoms with Gasteiger partial charge in [-0.15, -0.1) is 0 Å². The molecular weight excluding hydrogens is 460 g/mol. The van der Waals surface area contributed by atoms with Crippen LogP contribution in [0.25, 0.3) is 0 Å². The van der Waals surface area contributed by atoms with E-state index >= 15 is 0 Å². The second kappa shape index (κ2) is 10.6. The van der Waals surface area contributed by atoms with E-state index in [1.54, 1.807) is 36.4 Å². The summed E-state index contributed by atoms with van der Waals surface area (Å²) in [5, 5.41) is 0. The van der Waals surface area contributed by atoms with Gasteiger partial charge in [-0.1, -0.05) is 46.8 Å². The highest BCUT2D eigenvalue weighted by Crippen LogP contribution is 2.36. The van der Waals surface area contributed by atoms with E-state index in [0.717, 1.165) is 12.2 Å². The molecular formula is C28H36N2O4S. The molecule has 0 aromatic heterocycles. The van der Waals surface area contributed by atoms with Crippen LogP contribution in [0.5, 0.6) is 11.5 Å². The highest BCUT2D eigenvalue weighted by atomic mass is 32.2. The Hall–Kier alpha value is -3.19. The van der Waals surface area contributed by atoms with Gasteiger partial charge in [-0.25, -0.2) is 8.42 Å². The van der Waals surface area contributed by atoms with Gasteiger partial charge in [0.2, 0.25) is 0 Å². The van der Waals surface area contributed by atoms with Crippen molar-refractivity contribution >= 4 is 21.4 Å². The predicted octanol–water partition coefficient (Wildman–Crippen LogP) is 6.24. The number of anilines is 2. The Labute approximate surface area is 209 Å². The summed E-state index contributed by atoms with van der Waals surface area (Å²) in [5.41, 5.74) is 8.22. The quantitative estimate of drug-likeness (QED) is 0.256. The third-order valence-corrected chi connectivity index (χ3v) is 6.92. The van der Waals surface area contributed by atoms with Gasteiger partial charge in [-0.3, -0.25) is 4.72 Å². The minimum Gasteiger partial charge on any atom is -0.490 e. The molecule has 0 saturated heterocycles. The molecule has 3 aromatic rings. The summed E-state index contributed by atoms with van der Waals surface area (Å²) >= 11 is 0. The van der Waals surface area contributed by atoms with Gasteiger partial charge < -0.3 is 15.2 Å². The fourth-order valence-electron chi connectivity index (χ4n) is 4.23. The van der Waals surface area contributed by atoms with E-state index in [0.29, 0.717) is 30.3 Å². The van der Waals surface area contributed by atoms with Gasteiger partial charge >= 0.3 is 0 Å². The smallest absolute Gasteiger partial charge is 0.261 e. The maximum Gasteiger partial charge on any atom is 0.261 e. The topological polar surface area (TPSA) is 90.6 Å². The Balaban J connectivity index is 1.47. The van der Waals surface area contributed by atoms with Crippen LogP contribution in [0.3, 0.4) is 0 Å². The van der Waals surface area contributed by atoms with Gasteiger partial charge in [0, 0.05) is 11.4 Å². The lowest BCUT2D eigenvalue weighted by atomic mass is 9.72. The molecule has 0 heterocycles. The van der Waals surface area contributed by atoms with Crippen LogP contribution in [0.2, 0.25) is 0 Å². The van der Waals surface area contributed by atoms with Gasteiger partial charge in [0.15, 0.2) is 0 Å². The molecule has 188 valence electrons. The van der Waals surface area contributed by atoms with Crippen LogP contribution in [0, 0.1) is 5.41 Å². The summed E-state index contributed by atoms with van der Waals surface area (Å²) in [6, 6.07) is 21.0. The molecule has 0 aliphatic carbocycles. The molecule has 0 atom stereocenters. The Morgan fingerprint density at radius 2 is 1.23 bits per heavy atom. The number of nitrogens with two attached hydrogens (primary N) is 1. The van der Waals surface area contributed by atoms with E-state index in [1.807, 2.05) is 12.1 Å². The molecule has 0 amide bonds. The largest absolute Gasteiger partial charge is 0.490 e. The molecule has 0 fully saturated rings. The summed E-state index contributed by atoms with van der Waals surface area (Å²) in [7, 11) is -3.68. The van der Waals surface area contributed by atoms with Crippen molar-refractivity contribution < 1.29 is 17.9 Å². The zero-order valence-electron chi connectivity index (χ0n) is 21.2. The Morgan fingerprint density at radius 3 is 1.71 bits per heavy atom. The van der Waals surface area contributed by atoms with Crippen LogP contribution < -0.4 is 19.9 Å². The van der Waals surface area contributed by atoms with Crippen LogP contribution >= 0.6 is 0 Å².